The number of aromatic nitrogens is 1. The Morgan fingerprint density at radius 3 is 2.42 bits per heavy atom. The summed E-state index contributed by atoms with van der Waals surface area (Å²) in [5, 5.41) is 4.79. The van der Waals surface area contributed by atoms with Gasteiger partial charge in [0, 0.05) is 44.5 Å². The fourth-order valence-electron chi connectivity index (χ4n) is 4.99. The van der Waals surface area contributed by atoms with Crippen molar-refractivity contribution in [3.63, 3.8) is 0 Å². The van der Waals surface area contributed by atoms with Crippen molar-refractivity contribution in [2.45, 2.75) is 6.92 Å². The number of aromatic amines is 1. The molecule has 7 rings (SSSR count). The molecule has 0 spiro atoms. The van der Waals surface area contributed by atoms with E-state index in [1.54, 1.807) is 13.2 Å². The molecule has 7 heteroatoms. The van der Waals surface area contributed by atoms with Gasteiger partial charge in [0.25, 0.3) is 0 Å². The van der Waals surface area contributed by atoms with E-state index in [2.05, 4.69) is 4.98 Å². The van der Waals surface area contributed by atoms with Crippen LogP contribution in [0.4, 0.5) is 0 Å². The zero-order valence-corrected chi connectivity index (χ0v) is 17.6. The Bertz CT molecular complexity index is 2070. The predicted molar refractivity (Wildman–Crippen MR) is 126 cm³/mol. The quantitative estimate of drug-likeness (QED) is 0.328. The van der Waals surface area contributed by atoms with E-state index in [4.69, 9.17) is 18.0 Å². The van der Waals surface area contributed by atoms with Crippen LogP contribution in [0.2, 0.25) is 0 Å². The maximum Gasteiger partial charge on any atom is 0.380 e. The third-order valence-electron chi connectivity index (χ3n) is 6.34. The molecule has 0 amide bonds. The average molecular weight is 437 g/mol. The summed E-state index contributed by atoms with van der Waals surface area (Å²) in [6.07, 6.45) is 0. The highest BCUT2D eigenvalue weighted by molar-refractivity contribution is 6.28. The first kappa shape index (κ1) is 18.1. The molecule has 0 aliphatic carbocycles. The lowest BCUT2D eigenvalue weighted by molar-refractivity contribution is 0.418. The molecule has 7 aromatic rings. The number of hydrogen-bond donors (Lipinski definition) is 1. The highest BCUT2D eigenvalue weighted by Gasteiger charge is 2.22. The number of benzene rings is 3. The highest BCUT2D eigenvalue weighted by atomic mass is 16.5. The lowest BCUT2D eigenvalue weighted by Gasteiger charge is -2.07. The predicted octanol–water partition coefficient (Wildman–Crippen LogP) is 5.75. The van der Waals surface area contributed by atoms with Gasteiger partial charge < -0.3 is 23.0 Å². The number of fused-ring (bicyclic) bond motifs is 11. The van der Waals surface area contributed by atoms with Crippen LogP contribution < -0.4 is 16.0 Å². The molecular weight excluding hydrogens is 422 g/mol. The van der Waals surface area contributed by atoms with Crippen molar-refractivity contribution in [3.8, 4) is 5.75 Å². The zero-order valence-electron chi connectivity index (χ0n) is 17.6. The monoisotopic (exact) mass is 437 g/mol. The first-order chi connectivity index (χ1) is 16.0. The van der Waals surface area contributed by atoms with E-state index in [0.717, 1.165) is 43.4 Å². The Morgan fingerprint density at radius 1 is 0.758 bits per heavy atom. The summed E-state index contributed by atoms with van der Waals surface area (Å²) in [6.45, 7) is 1.87. The van der Waals surface area contributed by atoms with Crippen LogP contribution >= 0.6 is 0 Å². The molecule has 0 radical (unpaired) electrons. The first-order valence-electron chi connectivity index (χ1n) is 10.4. The fourth-order valence-corrected chi connectivity index (χ4v) is 4.99. The van der Waals surface area contributed by atoms with Gasteiger partial charge in [-0.15, -0.1) is 0 Å². The maximum absolute atomic E-state index is 12.9. The molecule has 0 fully saturated rings. The van der Waals surface area contributed by atoms with Crippen LogP contribution in [0.5, 0.6) is 5.75 Å². The minimum atomic E-state index is -0.543. The third-order valence-corrected chi connectivity index (χ3v) is 6.34. The lowest BCUT2D eigenvalue weighted by Crippen LogP contribution is -1.98. The van der Waals surface area contributed by atoms with Crippen molar-refractivity contribution in [1.82, 2.24) is 4.98 Å². The summed E-state index contributed by atoms with van der Waals surface area (Å²) in [6, 6.07) is 14.6. The van der Waals surface area contributed by atoms with E-state index in [0.29, 0.717) is 28.0 Å². The Balaban J connectivity index is 1.76. The van der Waals surface area contributed by atoms with Gasteiger partial charge in [-0.05, 0) is 24.6 Å². The van der Waals surface area contributed by atoms with Gasteiger partial charge in [0.1, 0.15) is 16.9 Å². The standard InChI is InChI=1S/C26H15NO6/c1-11-9-18(28)31-16-10-17(30-2)23-21(19(11)16)13-7-8-14-20-12-5-3-4-6-15(12)32-25(20)26(29)33-24(14)22(13)27-23/h3-10,27H,1-2H3. The van der Waals surface area contributed by atoms with Crippen molar-refractivity contribution in [3.05, 3.63) is 74.9 Å². The minimum Gasteiger partial charge on any atom is -0.494 e. The number of hydrogen-bond acceptors (Lipinski definition) is 6. The molecule has 160 valence electrons. The van der Waals surface area contributed by atoms with Crippen molar-refractivity contribution in [1.29, 1.82) is 0 Å². The SMILES string of the molecule is COc1cc2oc(=O)cc(C)c2c2c1[nH]c1c2ccc2c1oc(=O)c1oc3ccccc3c12. The second kappa shape index (κ2) is 6.04. The van der Waals surface area contributed by atoms with Crippen molar-refractivity contribution in [2.75, 3.05) is 7.11 Å². The van der Waals surface area contributed by atoms with E-state index in [-0.39, 0.29) is 5.58 Å². The van der Waals surface area contributed by atoms with Crippen LogP contribution in [0.25, 0.3) is 65.7 Å². The maximum atomic E-state index is 12.9. The van der Waals surface area contributed by atoms with Gasteiger partial charge in [0.2, 0.25) is 5.58 Å². The number of furan rings is 1. The van der Waals surface area contributed by atoms with Crippen LogP contribution in [-0.2, 0) is 0 Å². The lowest BCUT2D eigenvalue weighted by atomic mass is 10.0. The van der Waals surface area contributed by atoms with E-state index >= 15 is 0 Å². The van der Waals surface area contributed by atoms with E-state index in [1.807, 2.05) is 43.3 Å². The Kier molecular flexibility index (Phi) is 3.31. The summed E-state index contributed by atoms with van der Waals surface area (Å²) >= 11 is 0. The molecule has 0 saturated carbocycles. The van der Waals surface area contributed by atoms with Gasteiger partial charge >= 0.3 is 11.3 Å². The summed E-state index contributed by atoms with van der Waals surface area (Å²) in [4.78, 5) is 28.3. The smallest absolute Gasteiger partial charge is 0.380 e. The normalized spacial score (nSPS) is 12.2. The van der Waals surface area contributed by atoms with Gasteiger partial charge in [0.05, 0.1) is 18.1 Å². The molecule has 7 nitrogen and oxygen atoms in total. The summed E-state index contributed by atoms with van der Waals surface area (Å²) in [5.74, 6) is 0.521. The highest BCUT2D eigenvalue weighted by Crippen LogP contribution is 2.42. The van der Waals surface area contributed by atoms with E-state index in [9.17, 15) is 9.59 Å². The van der Waals surface area contributed by atoms with Gasteiger partial charge in [-0.2, -0.15) is 0 Å². The Hall–Kier alpha value is -4.52. The van der Waals surface area contributed by atoms with E-state index < -0.39 is 11.3 Å². The average Bonchev–Trinajstić information content (AvgIpc) is 3.38. The molecular formula is C26H15NO6. The molecule has 3 aromatic carbocycles. The van der Waals surface area contributed by atoms with Crippen molar-refractivity contribution in [2.24, 2.45) is 0 Å². The number of H-pyrrole nitrogens is 1. The molecule has 4 heterocycles. The number of para-hydroxylation sites is 1. The second-order valence-electron chi connectivity index (χ2n) is 8.13. The Morgan fingerprint density at radius 2 is 1.58 bits per heavy atom. The van der Waals surface area contributed by atoms with Crippen LogP contribution in [0, 0.1) is 6.92 Å². The van der Waals surface area contributed by atoms with Crippen LogP contribution in [-0.4, -0.2) is 12.1 Å². The molecule has 0 atom stereocenters. The van der Waals surface area contributed by atoms with Gasteiger partial charge in [-0.25, -0.2) is 9.59 Å². The van der Waals surface area contributed by atoms with Gasteiger partial charge in [-0.1, -0.05) is 24.3 Å². The molecule has 1 N–H and O–H groups in total. The van der Waals surface area contributed by atoms with Crippen molar-refractivity contribution < 1.29 is 18.0 Å². The summed E-state index contributed by atoms with van der Waals surface area (Å²) < 4.78 is 22.7. The molecule has 33 heavy (non-hydrogen) atoms. The summed E-state index contributed by atoms with van der Waals surface area (Å²) in [7, 11) is 1.55. The number of methoxy groups -OCH3 is 1. The van der Waals surface area contributed by atoms with Crippen LogP contribution in [0.1, 0.15) is 5.56 Å². The Labute approximate surface area is 183 Å². The third kappa shape index (κ3) is 2.23. The molecule has 0 aliphatic heterocycles. The number of rotatable bonds is 1. The molecule has 0 unspecified atom stereocenters. The number of nitrogens with one attached hydrogen (secondary N) is 1. The van der Waals surface area contributed by atoms with Gasteiger partial charge in [-0.3, -0.25) is 0 Å². The fraction of sp³-hybridized carbons (Fsp3) is 0.0769. The molecule has 0 saturated heterocycles. The number of ether oxygens (including phenoxy) is 1. The zero-order chi connectivity index (χ0) is 22.4. The van der Waals surface area contributed by atoms with Crippen LogP contribution in [0.15, 0.2) is 71.4 Å². The number of aryl methyl sites for hydroxylation is 1. The topological polar surface area (TPSA) is 98.6 Å². The second-order valence-corrected chi connectivity index (χ2v) is 8.13. The van der Waals surface area contributed by atoms with Gasteiger partial charge in [0.15, 0.2) is 5.58 Å². The minimum absolute atomic E-state index is 0.194. The molecule has 0 aliphatic rings. The largest absolute Gasteiger partial charge is 0.494 e. The van der Waals surface area contributed by atoms with E-state index in [1.165, 1.54) is 6.07 Å². The molecule has 4 aromatic heterocycles. The molecule has 0 bridgehead atoms. The van der Waals surface area contributed by atoms with Crippen LogP contribution in [0.3, 0.4) is 0 Å². The van der Waals surface area contributed by atoms with Crippen molar-refractivity contribution >= 4 is 65.7 Å². The summed E-state index contributed by atoms with van der Waals surface area (Å²) in [5.41, 5.74) is 2.88. The first-order valence-corrected chi connectivity index (χ1v) is 10.4.